The van der Waals surface area contributed by atoms with Gasteiger partial charge in [-0.1, -0.05) is 0 Å². The molecule has 3 heterocycles. The molecule has 0 aromatic heterocycles. The molecule has 10 heteroatoms. The Bertz CT molecular complexity index is 474. The molecular formula is C13H21NO9. The maximum Gasteiger partial charge on any atom is 0.228 e. The lowest BCUT2D eigenvalue weighted by Gasteiger charge is -2.32. The van der Waals surface area contributed by atoms with Crippen LogP contribution >= 0.6 is 0 Å². The summed E-state index contributed by atoms with van der Waals surface area (Å²) in [6, 6.07) is -1.55. The van der Waals surface area contributed by atoms with Gasteiger partial charge in [0.2, 0.25) is 6.29 Å². The van der Waals surface area contributed by atoms with Gasteiger partial charge in [0.25, 0.3) is 0 Å². The van der Waals surface area contributed by atoms with Crippen molar-refractivity contribution in [3.8, 4) is 0 Å². The van der Waals surface area contributed by atoms with Crippen molar-refractivity contribution in [2.45, 2.75) is 55.0 Å². The Morgan fingerprint density at radius 1 is 1.09 bits per heavy atom. The first-order chi connectivity index (χ1) is 10.9. The first-order valence-electron chi connectivity index (χ1n) is 7.33. The summed E-state index contributed by atoms with van der Waals surface area (Å²) in [6.45, 7) is -0.310. The minimum absolute atomic E-state index is 0.0869. The Morgan fingerprint density at radius 2 is 1.78 bits per heavy atom. The van der Waals surface area contributed by atoms with E-state index in [1.807, 2.05) is 0 Å². The lowest BCUT2D eigenvalue weighted by Crippen LogP contribution is -2.49. The van der Waals surface area contributed by atoms with Crippen LogP contribution in [0.2, 0.25) is 0 Å². The zero-order chi connectivity index (χ0) is 16.9. The van der Waals surface area contributed by atoms with Crippen molar-refractivity contribution < 1.29 is 45.2 Å². The van der Waals surface area contributed by atoms with E-state index in [1.54, 1.807) is 4.90 Å². The Labute approximate surface area is 131 Å². The van der Waals surface area contributed by atoms with E-state index in [9.17, 15) is 35.7 Å². The van der Waals surface area contributed by atoms with E-state index in [4.69, 9.17) is 9.47 Å². The van der Waals surface area contributed by atoms with E-state index < -0.39 is 67.4 Å². The highest BCUT2D eigenvalue weighted by Crippen LogP contribution is 2.35. The molecule has 2 saturated heterocycles. The second-order valence-electron chi connectivity index (χ2n) is 6.07. The number of ether oxygens (including phenoxy) is 2. The number of fused-ring (bicyclic) bond motifs is 1. The van der Waals surface area contributed by atoms with Crippen molar-refractivity contribution in [1.82, 2.24) is 4.90 Å². The molecule has 0 aromatic carbocycles. The van der Waals surface area contributed by atoms with Crippen LogP contribution in [0.4, 0.5) is 0 Å². The Balaban J connectivity index is 1.70. The molecule has 23 heavy (non-hydrogen) atoms. The number of rotatable bonds is 3. The molecule has 0 aromatic rings. The SMILES string of the molecule is OC[C@@H]1[C@@H](O)[C@H](O)[C@H]2[C@H](O)[C@@H](O[C@H]3OC=C(O)C(O)[C@@H]3O)CN21. The van der Waals surface area contributed by atoms with Gasteiger partial charge in [0.1, 0.15) is 24.6 Å². The molecule has 1 unspecified atom stereocenters. The molecule has 7 N–H and O–H groups in total. The van der Waals surface area contributed by atoms with Crippen LogP contribution in [0.5, 0.6) is 0 Å². The first kappa shape index (κ1) is 16.9. The lowest BCUT2D eigenvalue weighted by molar-refractivity contribution is -0.233. The van der Waals surface area contributed by atoms with Crippen LogP contribution in [0.25, 0.3) is 0 Å². The third kappa shape index (κ3) is 2.61. The van der Waals surface area contributed by atoms with Gasteiger partial charge in [0.05, 0.1) is 37.0 Å². The standard InChI is InChI=1S/C13H21NO9/c15-2-4-8(17)11(20)7-10(19)6(1-14(4)7)23-13-12(21)9(18)5(16)3-22-13/h3-4,6-13,15-21H,1-2H2/t4-,6+,7-,8-,9?,10-,11-,12+,13-/m1/s1. The summed E-state index contributed by atoms with van der Waals surface area (Å²) in [4.78, 5) is 1.55. The largest absolute Gasteiger partial charge is 0.506 e. The van der Waals surface area contributed by atoms with Gasteiger partial charge in [0.15, 0.2) is 5.76 Å². The van der Waals surface area contributed by atoms with Crippen LogP contribution < -0.4 is 0 Å². The minimum Gasteiger partial charge on any atom is -0.506 e. The van der Waals surface area contributed by atoms with Crippen molar-refractivity contribution in [1.29, 1.82) is 0 Å². The molecule has 2 fully saturated rings. The Hall–Kier alpha value is -0.980. The number of nitrogens with zero attached hydrogens (tertiary/aromatic N) is 1. The maximum absolute atomic E-state index is 10.3. The first-order valence-corrected chi connectivity index (χ1v) is 7.33. The second-order valence-corrected chi connectivity index (χ2v) is 6.07. The zero-order valence-corrected chi connectivity index (χ0v) is 12.1. The second kappa shape index (κ2) is 6.15. The molecular weight excluding hydrogens is 314 g/mol. The quantitative estimate of drug-likeness (QED) is 0.270. The van der Waals surface area contributed by atoms with Crippen LogP contribution in [-0.2, 0) is 9.47 Å². The maximum atomic E-state index is 10.3. The summed E-state index contributed by atoms with van der Waals surface area (Å²) in [5, 5.41) is 68.2. The van der Waals surface area contributed by atoms with Gasteiger partial charge < -0.3 is 45.2 Å². The fourth-order valence-electron chi connectivity index (χ4n) is 3.47. The highest BCUT2D eigenvalue weighted by molar-refractivity contribution is 5.11. The number of aliphatic hydroxyl groups excluding tert-OH is 7. The summed E-state index contributed by atoms with van der Waals surface area (Å²) >= 11 is 0. The van der Waals surface area contributed by atoms with Crippen LogP contribution in [0.1, 0.15) is 0 Å². The summed E-state index contributed by atoms with van der Waals surface area (Å²) < 4.78 is 10.4. The van der Waals surface area contributed by atoms with Crippen LogP contribution in [0.3, 0.4) is 0 Å². The predicted octanol–water partition coefficient (Wildman–Crippen LogP) is -4.01. The van der Waals surface area contributed by atoms with E-state index >= 15 is 0 Å². The minimum atomic E-state index is -1.57. The molecule has 0 amide bonds. The predicted molar refractivity (Wildman–Crippen MR) is 71.9 cm³/mol. The molecule has 3 aliphatic rings. The highest BCUT2D eigenvalue weighted by Gasteiger charge is 2.57. The highest BCUT2D eigenvalue weighted by atomic mass is 16.7. The topological polar surface area (TPSA) is 163 Å². The van der Waals surface area contributed by atoms with Crippen LogP contribution in [0.15, 0.2) is 12.0 Å². The monoisotopic (exact) mass is 335 g/mol. The molecule has 0 spiro atoms. The average molecular weight is 335 g/mol. The number of hydrogen-bond donors (Lipinski definition) is 7. The number of aliphatic hydroxyl groups is 7. The van der Waals surface area contributed by atoms with Gasteiger partial charge in [0, 0.05) is 6.54 Å². The van der Waals surface area contributed by atoms with E-state index in [2.05, 4.69) is 0 Å². The van der Waals surface area contributed by atoms with Crippen molar-refractivity contribution >= 4 is 0 Å². The molecule has 3 aliphatic heterocycles. The number of hydrogen-bond acceptors (Lipinski definition) is 10. The molecule has 9 atom stereocenters. The fourth-order valence-corrected chi connectivity index (χ4v) is 3.47. The van der Waals surface area contributed by atoms with Crippen molar-refractivity contribution in [3.05, 3.63) is 12.0 Å². The van der Waals surface area contributed by atoms with Gasteiger partial charge in [-0.15, -0.1) is 0 Å². The van der Waals surface area contributed by atoms with E-state index in [0.717, 1.165) is 6.26 Å². The molecule has 0 radical (unpaired) electrons. The van der Waals surface area contributed by atoms with E-state index in [1.165, 1.54) is 0 Å². The Morgan fingerprint density at radius 3 is 2.43 bits per heavy atom. The van der Waals surface area contributed by atoms with Crippen molar-refractivity contribution in [2.24, 2.45) is 0 Å². The summed E-state index contributed by atoms with van der Waals surface area (Å²) in [5.74, 6) is -0.538. The van der Waals surface area contributed by atoms with Gasteiger partial charge in [-0.25, -0.2) is 0 Å². The molecule has 10 nitrogen and oxygen atoms in total. The lowest BCUT2D eigenvalue weighted by atomic mass is 10.0. The molecule has 132 valence electrons. The Kier molecular flexibility index (Phi) is 4.51. The van der Waals surface area contributed by atoms with E-state index in [0.29, 0.717) is 0 Å². The van der Waals surface area contributed by atoms with Gasteiger partial charge in [-0.2, -0.15) is 0 Å². The van der Waals surface area contributed by atoms with Gasteiger partial charge >= 0.3 is 0 Å². The molecule has 0 aliphatic carbocycles. The van der Waals surface area contributed by atoms with Crippen LogP contribution in [-0.4, -0.2) is 109 Å². The normalized spacial score (nSPS) is 50.5. The summed E-state index contributed by atoms with van der Waals surface area (Å²) in [7, 11) is 0. The van der Waals surface area contributed by atoms with E-state index in [-0.39, 0.29) is 6.54 Å². The van der Waals surface area contributed by atoms with Crippen molar-refractivity contribution in [3.63, 3.8) is 0 Å². The molecule has 0 saturated carbocycles. The molecule has 3 rings (SSSR count). The summed E-state index contributed by atoms with van der Waals surface area (Å²) in [6.07, 6.45) is -8.08. The average Bonchev–Trinajstić information content (AvgIpc) is 2.96. The summed E-state index contributed by atoms with van der Waals surface area (Å²) in [5.41, 5.74) is 0. The smallest absolute Gasteiger partial charge is 0.228 e. The van der Waals surface area contributed by atoms with Crippen molar-refractivity contribution in [2.75, 3.05) is 13.2 Å². The zero-order valence-electron chi connectivity index (χ0n) is 12.1. The molecule has 0 bridgehead atoms. The van der Waals surface area contributed by atoms with Gasteiger partial charge in [-0.05, 0) is 0 Å². The van der Waals surface area contributed by atoms with Crippen LogP contribution in [0, 0.1) is 0 Å². The fraction of sp³-hybridized carbons (Fsp3) is 0.846. The third-order valence-electron chi connectivity index (χ3n) is 4.75. The van der Waals surface area contributed by atoms with Gasteiger partial charge in [-0.3, -0.25) is 4.90 Å². The third-order valence-corrected chi connectivity index (χ3v) is 4.75.